The Bertz CT molecular complexity index is 454. The van der Waals surface area contributed by atoms with Crippen molar-refractivity contribution in [2.75, 3.05) is 0 Å². The van der Waals surface area contributed by atoms with Crippen LogP contribution in [-0.4, -0.2) is 46.5 Å². The minimum atomic E-state index is -1.38. The first-order chi connectivity index (χ1) is 9.58. The zero-order valence-electron chi connectivity index (χ0n) is 12.3. The van der Waals surface area contributed by atoms with E-state index in [9.17, 15) is 19.2 Å². The van der Waals surface area contributed by atoms with Crippen molar-refractivity contribution >= 4 is 23.8 Å². The van der Waals surface area contributed by atoms with Gasteiger partial charge in [-0.25, -0.2) is 4.79 Å². The molecular formula is C13H20N2O6. The molecule has 2 amide bonds. The predicted octanol–water partition coefficient (Wildman–Crippen LogP) is -0.434. The van der Waals surface area contributed by atoms with Gasteiger partial charge >= 0.3 is 11.9 Å². The number of aliphatic carboxylic acids is 1. The van der Waals surface area contributed by atoms with Crippen molar-refractivity contribution in [1.29, 1.82) is 0 Å². The maximum absolute atomic E-state index is 11.8. The van der Waals surface area contributed by atoms with E-state index in [0.29, 0.717) is 6.42 Å². The number of hydrogen-bond donors (Lipinski definition) is 3. The topological polar surface area (TPSA) is 122 Å². The Balaban J connectivity index is 2.57. The first-order valence-electron chi connectivity index (χ1n) is 6.63. The second-order valence-electron chi connectivity index (χ2n) is 5.85. The lowest BCUT2D eigenvalue weighted by atomic mass is 10.1. The summed E-state index contributed by atoms with van der Waals surface area (Å²) in [5.41, 5.74) is -0.733. The van der Waals surface area contributed by atoms with Crippen LogP contribution >= 0.6 is 0 Å². The lowest BCUT2D eigenvalue weighted by Crippen LogP contribution is -2.49. The molecule has 1 saturated heterocycles. The zero-order valence-corrected chi connectivity index (χ0v) is 12.3. The van der Waals surface area contributed by atoms with Crippen LogP contribution in [0, 0.1) is 0 Å². The Morgan fingerprint density at radius 1 is 1.43 bits per heavy atom. The van der Waals surface area contributed by atoms with Crippen LogP contribution in [0.3, 0.4) is 0 Å². The second-order valence-corrected chi connectivity index (χ2v) is 5.85. The van der Waals surface area contributed by atoms with E-state index >= 15 is 0 Å². The quantitative estimate of drug-likeness (QED) is 0.592. The Morgan fingerprint density at radius 2 is 2.05 bits per heavy atom. The van der Waals surface area contributed by atoms with Gasteiger partial charge in [0, 0.05) is 6.42 Å². The second kappa shape index (κ2) is 6.55. The summed E-state index contributed by atoms with van der Waals surface area (Å²) in [4.78, 5) is 45.6. The monoisotopic (exact) mass is 300 g/mol. The Labute approximate surface area is 122 Å². The highest BCUT2D eigenvalue weighted by atomic mass is 16.6. The van der Waals surface area contributed by atoms with Gasteiger partial charge in [-0.05, 0) is 27.2 Å². The third-order valence-corrected chi connectivity index (χ3v) is 2.72. The summed E-state index contributed by atoms with van der Waals surface area (Å²) in [6, 6.07) is -2.14. The molecule has 8 nitrogen and oxygen atoms in total. The van der Waals surface area contributed by atoms with Gasteiger partial charge in [0.05, 0.1) is 6.42 Å². The molecule has 0 aliphatic carbocycles. The van der Waals surface area contributed by atoms with E-state index in [1.165, 1.54) is 0 Å². The Morgan fingerprint density at radius 3 is 2.48 bits per heavy atom. The molecule has 0 spiro atoms. The van der Waals surface area contributed by atoms with Gasteiger partial charge in [0.2, 0.25) is 11.8 Å². The van der Waals surface area contributed by atoms with Crippen molar-refractivity contribution in [3.05, 3.63) is 0 Å². The summed E-state index contributed by atoms with van der Waals surface area (Å²) in [5, 5.41) is 13.7. The molecule has 118 valence electrons. The number of rotatable bonds is 5. The van der Waals surface area contributed by atoms with E-state index in [4.69, 9.17) is 9.84 Å². The van der Waals surface area contributed by atoms with E-state index in [1.807, 2.05) is 0 Å². The van der Waals surface area contributed by atoms with Crippen LogP contribution in [0.1, 0.15) is 40.0 Å². The van der Waals surface area contributed by atoms with Gasteiger partial charge in [-0.3, -0.25) is 14.4 Å². The number of amides is 2. The molecule has 0 aromatic heterocycles. The normalized spacial score (nSPS) is 19.6. The molecule has 0 radical (unpaired) electrons. The molecule has 0 bridgehead atoms. The summed E-state index contributed by atoms with van der Waals surface area (Å²) in [6.07, 6.45) is 0.0599. The minimum absolute atomic E-state index is 0.224. The van der Waals surface area contributed by atoms with Crippen LogP contribution in [0.25, 0.3) is 0 Å². The van der Waals surface area contributed by atoms with Crippen LogP contribution in [0.4, 0.5) is 0 Å². The molecule has 1 heterocycles. The van der Waals surface area contributed by atoms with Crippen LogP contribution < -0.4 is 10.6 Å². The summed E-state index contributed by atoms with van der Waals surface area (Å²) >= 11 is 0. The van der Waals surface area contributed by atoms with E-state index in [2.05, 4.69) is 10.6 Å². The molecule has 1 aliphatic rings. The summed E-state index contributed by atoms with van der Waals surface area (Å²) in [6.45, 7) is 4.98. The van der Waals surface area contributed by atoms with E-state index in [-0.39, 0.29) is 12.3 Å². The van der Waals surface area contributed by atoms with Crippen LogP contribution in [0.5, 0.6) is 0 Å². The van der Waals surface area contributed by atoms with Crippen LogP contribution in [0.2, 0.25) is 0 Å². The molecule has 21 heavy (non-hydrogen) atoms. The molecule has 0 aromatic carbocycles. The number of carbonyl (C=O) groups excluding carboxylic acids is 3. The van der Waals surface area contributed by atoms with Crippen molar-refractivity contribution in [3.63, 3.8) is 0 Å². The molecule has 0 aromatic rings. The van der Waals surface area contributed by atoms with Gasteiger partial charge in [0.15, 0.2) is 0 Å². The van der Waals surface area contributed by atoms with Gasteiger partial charge in [0.25, 0.3) is 0 Å². The van der Waals surface area contributed by atoms with E-state index in [0.717, 1.165) is 0 Å². The average molecular weight is 300 g/mol. The molecule has 1 aliphatic heterocycles. The lowest BCUT2D eigenvalue weighted by Gasteiger charge is -2.22. The first-order valence-corrected chi connectivity index (χ1v) is 6.63. The highest BCUT2D eigenvalue weighted by molar-refractivity contribution is 5.93. The number of carboxylic acid groups (broad SMARTS) is 1. The van der Waals surface area contributed by atoms with Crippen molar-refractivity contribution < 1.29 is 29.0 Å². The lowest BCUT2D eigenvalue weighted by molar-refractivity contribution is -0.158. The SMILES string of the molecule is CC(C)(C)OC(=O)C[C@H](NC(=O)[C@H]1CCC(=O)N1)C(=O)O. The largest absolute Gasteiger partial charge is 0.480 e. The fourth-order valence-electron chi connectivity index (χ4n) is 1.83. The van der Waals surface area contributed by atoms with Gasteiger partial charge in [-0.2, -0.15) is 0 Å². The molecule has 0 unspecified atom stereocenters. The number of hydrogen-bond acceptors (Lipinski definition) is 5. The highest BCUT2D eigenvalue weighted by Crippen LogP contribution is 2.11. The summed E-state index contributed by atoms with van der Waals surface area (Å²) < 4.78 is 5.02. The fraction of sp³-hybridized carbons (Fsp3) is 0.692. The number of nitrogens with one attached hydrogen (secondary N) is 2. The summed E-state index contributed by atoms with van der Waals surface area (Å²) in [5.74, 6) is -2.92. The highest BCUT2D eigenvalue weighted by Gasteiger charge is 2.32. The van der Waals surface area contributed by atoms with Crippen molar-refractivity contribution in [2.24, 2.45) is 0 Å². The Hall–Kier alpha value is -2.12. The molecule has 8 heteroatoms. The van der Waals surface area contributed by atoms with Crippen LogP contribution in [-0.2, 0) is 23.9 Å². The smallest absolute Gasteiger partial charge is 0.326 e. The fourth-order valence-corrected chi connectivity index (χ4v) is 1.83. The van der Waals surface area contributed by atoms with Crippen molar-refractivity contribution in [3.8, 4) is 0 Å². The first kappa shape index (κ1) is 16.9. The zero-order chi connectivity index (χ0) is 16.2. The van der Waals surface area contributed by atoms with Crippen molar-refractivity contribution in [1.82, 2.24) is 10.6 Å². The third-order valence-electron chi connectivity index (χ3n) is 2.72. The molecule has 0 saturated carbocycles. The Kier molecular flexibility index (Phi) is 5.28. The van der Waals surface area contributed by atoms with Gasteiger partial charge in [-0.15, -0.1) is 0 Å². The van der Waals surface area contributed by atoms with E-state index < -0.39 is 42.0 Å². The van der Waals surface area contributed by atoms with Gasteiger partial charge in [0.1, 0.15) is 17.7 Å². The van der Waals surface area contributed by atoms with Gasteiger partial charge < -0.3 is 20.5 Å². The molecular weight excluding hydrogens is 280 g/mol. The van der Waals surface area contributed by atoms with Crippen LogP contribution in [0.15, 0.2) is 0 Å². The number of esters is 1. The molecule has 1 fully saturated rings. The van der Waals surface area contributed by atoms with Crippen molar-refractivity contribution in [2.45, 2.75) is 57.7 Å². The standard InChI is InChI=1S/C13H20N2O6/c1-13(2,3)21-10(17)6-8(12(19)20)15-11(18)7-4-5-9(16)14-7/h7-8H,4-6H2,1-3H3,(H,14,16)(H,15,18)(H,19,20)/t7-,8+/m1/s1. The number of ether oxygens (including phenoxy) is 1. The maximum atomic E-state index is 11.8. The number of carbonyl (C=O) groups is 4. The van der Waals surface area contributed by atoms with Gasteiger partial charge in [-0.1, -0.05) is 0 Å². The number of carboxylic acids is 1. The average Bonchev–Trinajstić information content (AvgIpc) is 2.72. The molecule has 2 atom stereocenters. The molecule has 3 N–H and O–H groups in total. The predicted molar refractivity (Wildman–Crippen MR) is 71.2 cm³/mol. The van der Waals surface area contributed by atoms with E-state index in [1.54, 1.807) is 20.8 Å². The molecule has 1 rings (SSSR count). The maximum Gasteiger partial charge on any atom is 0.326 e. The third kappa shape index (κ3) is 5.80. The summed E-state index contributed by atoms with van der Waals surface area (Å²) in [7, 11) is 0. The minimum Gasteiger partial charge on any atom is -0.480 e.